The Balaban J connectivity index is 1.23. The Morgan fingerprint density at radius 2 is 1.30 bits per heavy atom. The summed E-state index contributed by atoms with van der Waals surface area (Å²) >= 11 is 0. The molecule has 7 atom stereocenters. The van der Waals surface area contributed by atoms with Crippen LogP contribution in [0.3, 0.4) is 0 Å². The van der Waals surface area contributed by atoms with Crippen LogP contribution in [0.4, 0.5) is 4.39 Å². The number of hydrogen-bond donors (Lipinski definition) is 11. The van der Waals surface area contributed by atoms with Gasteiger partial charge >= 0.3 is 0 Å². The number of phenolic OH excluding ortho intramolecular Hbond substituents is 1. The van der Waals surface area contributed by atoms with E-state index in [0.29, 0.717) is 43.4 Å². The first-order chi connectivity index (χ1) is 37.8. The minimum absolute atomic E-state index is 0.0449. The van der Waals surface area contributed by atoms with Gasteiger partial charge in [0.2, 0.25) is 47.3 Å². The number of hydrogen-bond acceptors (Lipinski definition) is 11. The van der Waals surface area contributed by atoms with Gasteiger partial charge in [-0.2, -0.15) is 0 Å². The van der Waals surface area contributed by atoms with Gasteiger partial charge in [-0.3, -0.25) is 43.3 Å². The molecular formula is C56H75FN12O10. The molecule has 3 heterocycles. The monoisotopic (exact) mass is 1090 g/mol. The van der Waals surface area contributed by atoms with Gasteiger partial charge in [0.15, 0.2) is 5.96 Å². The summed E-state index contributed by atoms with van der Waals surface area (Å²) in [6.45, 7) is 5.65. The predicted molar refractivity (Wildman–Crippen MR) is 293 cm³/mol. The van der Waals surface area contributed by atoms with Crippen LogP contribution >= 0.6 is 0 Å². The number of benzene rings is 3. The van der Waals surface area contributed by atoms with Gasteiger partial charge in [0, 0.05) is 62.5 Å². The number of fused-ring (bicyclic) bond motifs is 1. The highest BCUT2D eigenvalue weighted by Crippen LogP contribution is 2.23. The highest BCUT2D eigenvalue weighted by Gasteiger charge is 2.40. The van der Waals surface area contributed by atoms with E-state index < -0.39 is 90.2 Å². The Hall–Kier alpha value is -8.08. The molecule has 22 nitrogen and oxygen atoms in total. The van der Waals surface area contributed by atoms with Gasteiger partial charge < -0.3 is 68.4 Å². The molecule has 0 unspecified atom stereocenters. The number of amides is 8. The van der Waals surface area contributed by atoms with Crippen molar-refractivity contribution in [2.75, 3.05) is 32.8 Å². The molecule has 0 bridgehead atoms. The number of phenols is 1. The number of nitrogens with one attached hydrogen (secondary N) is 7. The van der Waals surface area contributed by atoms with Crippen molar-refractivity contribution < 1.29 is 53.0 Å². The third-order valence-corrected chi connectivity index (χ3v) is 14.1. The van der Waals surface area contributed by atoms with Gasteiger partial charge in [-0.25, -0.2) is 4.39 Å². The molecular weight excluding hydrogens is 1020 g/mol. The fraction of sp³-hybridized carbons (Fsp3) is 0.482. The molecule has 2 saturated heterocycles. The molecule has 0 aliphatic carbocycles. The number of aromatic amines is 1. The maximum absolute atomic E-state index is 14.9. The number of likely N-dealkylation sites (tertiary alicyclic amines) is 2. The van der Waals surface area contributed by atoms with Crippen LogP contribution in [-0.4, -0.2) is 153 Å². The van der Waals surface area contributed by atoms with Gasteiger partial charge in [0.25, 0.3) is 0 Å². The second-order valence-electron chi connectivity index (χ2n) is 20.5. The van der Waals surface area contributed by atoms with Crippen molar-refractivity contribution in [3.05, 3.63) is 102 Å². The van der Waals surface area contributed by atoms with Crippen molar-refractivity contribution in [1.29, 1.82) is 0 Å². The number of H-pyrrole nitrogens is 1. The molecule has 0 radical (unpaired) electrons. The molecule has 2 aliphatic heterocycles. The van der Waals surface area contributed by atoms with Crippen LogP contribution in [0.15, 0.2) is 84.0 Å². The molecule has 23 heteroatoms. The van der Waals surface area contributed by atoms with E-state index in [2.05, 4.69) is 41.9 Å². The summed E-state index contributed by atoms with van der Waals surface area (Å²) < 4.78 is 13.5. The first-order valence-electron chi connectivity index (χ1n) is 27.0. The minimum atomic E-state index is -1.59. The smallest absolute Gasteiger partial charge is 0.245 e. The lowest BCUT2D eigenvalue weighted by atomic mass is 9.99. The molecule has 0 saturated carbocycles. The normalized spacial score (nSPS) is 17.0. The number of aromatic nitrogens is 1. The fourth-order valence-corrected chi connectivity index (χ4v) is 10.0. The molecule has 2 aliphatic rings. The van der Waals surface area contributed by atoms with E-state index >= 15 is 0 Å². The number of nitrogens with two attached hydrogens (primary N) is 2. The number of aryl methyl sites for hydroxylation is 1. The molecule has 79 heavy (non-hydrogen) atoms. The molecule has 3 aromatic carbocycles. The van der Waals surface area contributed by atoms with Crippen LogP contribution in [-0.2, 0) is 57.6 Å². The van der Waals surface area contributed by atoms with Crippen molar-refractivity contribution >= 4 is 64.1 Å². The van der Waals surface area contributed by atoms with Gasteiger partial charge in [-0.15, -0.1) is 0 Å². The van der Waals surface area contributed by atoms with Crippen molar-refractivity contribution in [2.45, 2.75) is 134 Å². The van der Waals surface area contributed by atoms with E-state index in [0.717, 1.165) is 16.5 Å². The first kappa shape index (κ1) is 60.2. The van der Waals surface area contributed by atoms with E-state index in [-0.39, 0.29) is 94.0 Å². The standard InChI is InChI=1S/C56H75FN12O10/c1-4-60-53(77)46-13-9-27-69(46)55(79)41(12-7-25-61-56(58)59)63-49(73)42(28-33(2)3)64-51(75)44(30-36-31-62-40-11-6-5-10-39(36)40)66-50(74)43(29-35-17-22-38(71)23-18-35)65-52(76)45(32-70)67-54(78)47-14-8-26-68(47)48(72)24-19-34-15-20-37(57)21-16-34/h5-6,10-11,15-18,20-23,31,33,41-47,62,70-71H,4,7-9,12-14,19,24-30,32H2,1-3H3,(H,60,77)(H,63,73)(H,64,75)(H,65,76)(H,66,74)(H,67,78)(H4,58,59,61)/t41-,42-,43-,44+,45-,46+,47-/m0/s1. The van der Waals surface area contributed by atoms with E-state index in [1.165, 1.54) is 46.2 Å². The Morgan fingerprint density at radius 1 is 0.722 bits per heavy atom. The Labute approximate surface area is 458 Å². The zero-order valence-corrected chi connectivity index (χ0v) is 45.0. The maximum Gasteiger partial charge on any atom is 0.245 e. The summed E-state index contributed by atoms with van der Waals surface area (Å²) in [5.41, 5.74) is 13.7. The van der Waals surface area contributed by atoms with Gasteiger partial charge in [0.05, 0.1) is 6.61 Å². The predicted octanol–water partition coefficient (Wildman–Crippen LogP) is 1.06. The number of carbonyl (C=O) groups is 8. The number of rotatable bonds is 27. The molecule has 426 valence electrons. The van der Waals surface area contributed by atoms with Crippen LogP contribution in [0.2, 0.25) is 0 Å². The van der Waals surface area contributed by atoms with Gasteiger partial charge in [0.1, 0.15) is 53.9 Å². The Bertz CT molecular complexity index is 2790. The van der Waals surface area contributed by atoms with E-state index in [4.69, 9.17) is 11.5 Å². The number of aromatic hydroxyl groups is 1. The van der Waals surface area contributed by atoms with Crippen molar-refractivity contribution in [3.63, 3.8) is 0 Å². The Morgan fingerprint density at radius 3 is 1.95 bits per heavy atom. The number of aliphatic hydroxyl groups excluding tert-OH is 1. The number of aliphatic hydroxyl groups is 1. The minimum Gasteiger partial charge on any atom is -0.508 e. The highest BCUT2D eigenvalue weighted by atomic mass is 19.1. The molecule has 2 fully saturated rings. The molecule has 4 aromatic rings. The number of carbonyl (C=O) groups excluding carboxylic acids is 8. The summed E-state index contributed by atoms with van der Waals surface area (Å²) in [7, 11) is 0. The number of likely N-dealkylation sites (N-methyl/N-ethyl adjacent to an activating group) is 1. The third kappa shape index (κ3) is 17.2. The Kier molecular flexibility index (Phi) is 22.1. The molecule has 8 amide bonds. The maximum atomic E-state index is 14.9. The second kappa shape index (κ2) is 29.1. The van der Waals surface area contributed by atoms with E-state index in [9.17, 15) is 53.0 Å². The second-order valence-corrected chi connectivity index (χ2v) is 20.5. The highest BCUT2D eigenvalue weighted by molar-refractivity contribution is 5.98. The number of halogens is 1. The fourth-order valence-electron chi connectivity index (χ4n) is 10.0. The lowest BCUT2D eigenvalue weighted by molar-refractivity contribution is -0.142. The van der Waals surface area contributed by atoms with Crippen LogP contribution in [0.5, 0.6) is 5.75 Å². The molecule has 13 N–H and O–H groups in total. The van der Waals surface area contributed by atoms with E-state index in [1.54, 1.807) is 25.3 Å². The number of nitrogens with zero attached hydrogens (tertiary/aromatic N) is 3. The summed E-state index contributed by atoms with van der Waals surface area (Å²) in [4.78, 5) is 123. The number of para-hydroxylation sites is 1. The molecule has 6 rings (SSSR count). The average Bonchev–Trinajstić information content (AvgIpc) is 4.23. The zero-order valence-electron chi connectivity index (χ0n) is 45.0. The van der Waals surface area contributed by atoms with Crippen LogP contribution in [0.1, 0.15) is 88.8 Å². The van der Waals surface area contributed by atoms with Crippen LogP contribution < -0.4 is 43.4 Å². The zero-order chi connectivity index (χ0) is 57.2. The first-order valence-corrected chi connectivity index (χ1v) is 27.0. The third-order valence-electron chi connectivity index (χ3n) is 14.1. The molecule has 1 aromatic heterocycles. The topological polar surface area (TPSA) is 336 Å². The van der Waals surface area contributed by atoms with Crippen LogP contribution in [0, 0.1) is 11.7 Å². The summed E-state index contributed by atoms with van der Waals surface area (Å²) in [5, 5.41) is 37.8. The summed E-state index contributed by atoms with van der Waals surface area (Å²) in [6, 6.07) is 10.3. The lowest BCUT2D eigenvalue weighted by Gasteiger charge is -2.30. The van der Waals surface area contributed by atoms with Crippen molar-refractivity contribution in [2.24, 2.45) is 22.4 Å². The summed E-state index contributed by atoms with van der Waals surface area (Å²) in [5.74, 6) is -5.91. The van der Waals surface area contributed by atoms with Crippen molar-refractivity contribution in [3.8, 4) is 5.75 Å². The SMILES string of the molecule is CCNC(=O)[C@H]1CCCN1C(=O)[C@H](CCCN=C(N)N)NC(=O)[C@H](CC(C)C)NC(=O)[C@@H](Cc1c[nH]c2ccccc12)NC(=O)[C@H](Cc1ccc(O)cc1)NC(=O)[C@H](CO)NC(=O)[C@@H]1CCCN1C(=O)CCc1ccc(F)cc1. The number of aliphatic imine (C=N–C) groups is 1. The van der Waals surface area contributed by atoms with Crippen LogP contribution in [0.25, 0.3) is 10.9 Å². The quantitative estimate of drug-likeness (QED) is 0.0227. The van der Waals surface area contributed by atoms with Gasteiger partial charge in [-0.1, -0.05) is 56.3 Å². The number of guanidine groups is 1. The van der Waals surface area contributed by atoms with E-state index in [1.807, 2.05) is 38.1 Å². The van der Waals surface area contributed by atoms with Gasteiger partial charge in [-0.05, 0) is 111 Å². The van der Waals surface area contributed by atoms with Crippen molar-refractivity contribution in [1.82, 2.24) is 46.7 Å². The summed E-state index contributed by atoms with van der Waals surface area (Å²) in [6.07, 6.45) is 4.00. The largest absolute Gasteiger partial charge is 0.508 e. The average molecular weight is 1100 g/mol. The lowest BCUT2D eigenvalue weighted by Crippen LogP contribution is -2.61. The molecule has 0 spiro atoms.